The van der Waals surface area contributed by atoms with Crippen LogP contribution in [0.15, 0.2) is 24.5 Å². The van der Waals surface area contributed by atoms with E-state index in [0.717, 1.165) is 29.9 Å². The van der Waals surface area contributed by atoms with Crippen LogP contribution in [0, 0.1) is 13.8 Å². The average Bonchev–Trinajstić information content (AvgIpc) is 2.90. The molecule has 0 bridgehead atoms. The molecule has 102 valence electrons. The molecule has 0 aliphatic heterocycles. The highest BCUT2D eigenvalue weighted by atomic mass is 16.3. The minimum absolute atomic E-state index is 0.226. The molecule has 2 aromatic rings. The molecule has 1 heterocycles. The topological polar surface area (TPSA) is 60.9 Å². The SMILES string of the molecule is CCC(NCc1cc(C)c(O)c(C)c1)c1ncc[nH]1. The van der Waals surface area contributed by atoms with Crippen molar-refractivity contribution in [2.24, 2.45) is 0 Å². The first kappa shape index (κ1) is 13.6. The number of aromatic hydroxyl groups is 1. The number of benzene rings is 1. The fourth-order valence-electron chi connectivity index (χ4n) is 2.29. The maximum Gasteiger partial charge on any atom is 0.123 e. The Morgan fingerprint density at radius 3 is 2.53 bits per heavy atom. The number of hydrogen-bond acceptors (Lipinski definition) is 3. The zero-order chi connectivity index (χ0) is 13.8. The molecular formula is C15H21N3O. The van der Waals surface area contributed by atoms with Gasteiger partial charge in [0.05, 0.1) is 6.04 Å². The molecule has 0 radical (unpaired) electrons. The fraction of sp³-hybridized carbons (Fsp3) is 0.400. The van der Waals surface area contributed by atoms with Gasteiger partial charge in [0, 0.05) is 18.9 Å². The highest BCUT2D eigenvalue weighted by molar-refractivity contribution is 5.42. The predicted octanol–water partition coefficient (Wildman–Crippen LogP) is 2.97. The Morgan fingerprint density at radius 2 is 2.00 bits per heavy atom. The molecule has 2 rings (SSSR count). The van der Waals surface area contributed by atoms with E-state index in [1.54, 1.807) is 6.20 Å². The number of nitrogens with one attached hydrogen (secondary N) is 2. The Morgan fingerprint density at radius 1 is 1.32 bits per heavy atom. The Kier molecular flexibility index (Phi) is 4.22. The quantitative estimate of drug-likeness (QED) is 0.773. The van der Waals surface area contributed by atoms with Crippen LogP contribution >= 0.6 is 0 Å². The largest absolute Gasteiger partial charge is 0.507 e. The second-order valence-corrected chi connectivity index (χ2v) is 4.89. The number of phenols is 1. The second-order valence-electron chi connectivity index (χ2n) is 4.89. The summed E-state index contributed by atoms with van der Waals surface area (Å²) < 4.78 is 0. The van der Waals surface area contributed by atoms with E-state index in [4.69, 9.17) is 0 Å². The van der Waals surface area contributed by atoms with Gasteiger partial charge < -0.3 is 15.4 Å². The monoisotopic (exact) mass is 259 g/mol. The minimum Gasteiger partial charge on any atom is -0.507 e. The number of aromatic amines is 1. The Balaban J connectivity index is 2.06. The molecule has 4 nitrogen and oxygen atoms in total. The maximum absolute atomic E-state index is 9.77. The van der Waals surface area contributed by atoms with Crippen molar-refractivity contribution in [2.45, 2.75) is 39.8 Å². The lowest BCUT2D eigenvalue weighted by molar-refractivity contribution is 0.465. The third-order valence-corrected chi connectivity index (χ3v) is 3.36. The molecule has 0 aliphatic rings. The summed E-state index contributed by atoms with van der Waals surface area (Å²) in [5.41, 5.74) is 3.02. The molecule has 19 heavy (non-hydrogen) atoms. The van der Waals surface area contributed by atoms with Crippen molar-refractivity contribution in [3.63, 3.8) is 0 Å². The summed E-state index contributed by atoms with van der Waals surface area (Å²) in [5.74, 6) is 1.36. The van der Waals surface area contributed by atoms with E-state index in [-0.39, 0.29) is 6.04 Å². The number of hydrogen-bond donors (Lipinski definition) is 3. The standard InChI is InChI=1S/C15H21N3O/c1-4-13(15-16-5-6-17-15)18-9-12-7-10(2)14(19)11(3)8-12/h5-8,13,18-19H,4,9H2,1-3H3,(H,16,17). The van der Waals surface area contributed by atoms with Crippen LogP contribution in [0.1, 0.15) is 41.9 Å². The van der Waals surface area contributed by atoms with Gasteiger partial charge in [0.15, 0.2) is 0 Å². The molecule has 1 aromatic carbocycles. The van der Waals surface area contributed by atoms with Crippen molar-refractivity contribution in [1.29, 1.82) is 0 Å². The van der Waals surface area contributed by atoms with Crippen molar-refractivity contribution in [2.75, 3.05) is 0 Å². The molecule has 0 spiro atoms. The van der Waals surface area contributed by atoms with Gasteiger partial charge in [-0.2, -0.15) is 0 Å². The highest BCUT2D eigenvalue weighted by Gasteiger charge is 2.11. The summed E-state index contributed by atoms with van der Waals surface area (Å²) in [4.78, 5) is 7.43. The Bertz CT molecular complexity index is 511. The first-order valence-electron chi connectivity index (χ1n) is 6.63. The molecule has 1 unspecified atom stereocenters. The average molecular weight is 259 g/mol. The lowest BCUT2D eigenvalue weighted by atomic mass is 10.1. The Labute approximate surface area is 113 Å². The Hall–Kier alpha value is -1.81. The van der Waals surface area contributed by atoms with Crippen molar-refractivity contribution >= 4 is 0 Å². The van der Waals surface area contributed by atoms with Gasteiger partial charge in [-0.25, -0.2) is 4.98 Å². The van der Waals surface area contributed by atoms with Crippen LogP contribution < -0.4 is 5.32 Å². The summed E-state index contributed by atoms with van der Waals surface area (Å²) >= 11 is 0. The number of H-pyrrole nitrogens is 1. The van der Waals surface area contributed by atoms with E-state index in [9.17, 15) is 5.11 Å². The summed E-state index contributed by atoms with van der Waals surface area (Å²) in [7, 11) is 0. The first-order valence-corrected chi connectivity index (χ1v) is 6.63. The van der Waals surface area contributed by atoms with Crippen LogP contribution in [0.2, 0.25) is 0 Å². The molecule has 0 aliphatic carbocycles. The third-order valence-electron chi connectivity index (χ3n) is 3.36. The van der Waals surface area contributed by atoms with E-state index >= 15 is 0 Å². The number of nitrogens with zero attached hydrogens (tertiary/aromatic N) is 1. The fourth-order valence-corrected chi connectivity index (χ4v) is 2.29. The van der Waals surface area contributed by atoms with Gasteiger partial charge in [0.2, 0.25) is 0 Å². The second kappa shape index (κ2) is 5.89. The van der Waals surface area contributed by atoms with Gasteiger partial charge in [-0.05, 0) is 37.0 Å². The number of aryl methyl sites for hydroxylation is 2. The third kappa shape index (κ3) is 3.15. The van der Waals surface area contributed by atoms with Gasteiger partial charge >= 0.3 is 0 Å². The van der Waals surface area contributed by atoms with Crippen LogP contribution in [0.4, 0.5) is 0 Å². The van der Waals surface area contributed by atoms with E-state index in [1.807, 2.05) is 32.2 Å². The van der Waals surface area contributed by atoms with Gasteiger partial charge in [0.25, 0.3) is 0 Å². The summed E-state index contributed by atoms with van der Waals surface area (Å²) in [6.07, 6.45) is 4.59. The number of imidazole rings is 1. The lowest BCUT2D eigenvalue weighted by Gasteiger charge is -2.15. The zero-order valence-electron chi connectivity index (χ0n) is 11.7. The summed E-state index contributed by atoms with van der Waals surface area (Å²) in [5, 5.41) is 13.3. The van der Waals surface area contributed by atoms with Crippen LogP contribution in [0.25, 0.3) is 0 Å². The minimum atomic E-state index is 0.226. The molecular weight excluding hydrogens is 238 g/mol. The van der Waals surface area contributed by atoms with E-state index in [1.165, 1.54) is 5.56 Å². The lowest BCUT2D eigenvalue weighted by Crippen LogP contribution is -2.21. The smallest absolute Gasteiger partial charge is 0.123 e. The van der Waals surface area contributed by atoms with Crippen LogP contribution in [0.3, 0.4) is 0 Å². The molecule has 0 saturated heterocycles. The van der Waals surface area contributed by atoms with Crippen molar-refractivity contribution in [1.82, 2.24) is 15.3 Å². The zero-order valence-corrected chi connectivity index (χ0v) is 11.7. The van der Waals surface area contributed by atoms with Crippen LogP contribution in [0.5, 0.6) is 5.75 Å². The molecule has 0 fully saturated rings. The van der Waals surface area contributed by atoms with E-state index in [2.05, 4.69) is 22.2 Å². The molecule has 4 heteroatoms. The normalized spacial score (nSPS) is 12.6. The first-order chi connectivity index (χ1) is 9.11. The van der Waals surface area contributed by atoms with Gasteiger partial charge in [-0.15, -0.1) is 0 Å². The highest BCUT2D eigenvalue weighted by Crippen LogP contribution is 2.23. The molecule has 0 saturated carbocycles. The molecule has 1 atom stereocenters. The number of aromatic nitrogens is 2. The van der Waals surface area contributed by atoms with Gasteiger partial charge in [-0.1, -0.05) is 19.1 Å². The maximum atomic E-state index is 9.77. The van der Waals surface area contributed by atoms with E-state index < -0.39 is 0 Å². The van der Waals surface area contributed by atoms with Crippen molar-refractivity contribution in [3.8, 4) is 5.75 Å². The number of phenolic OH excluding ortho intramolecular Hbond substituents is 1. The summed E-state index contributed by atoms with van der Waals surface area (Å²) in [6, 6.07) is 4.26. The van der Waals surface area contributed by atoms with E-state index in [0.29, 0.717) is 5.75 Å². The van der Waals surface area contributed by atoms with Crippen molar-refractivity contribution < 1.29 is 5.11 Å². The number of rotatable bonds is 5. The van der Waals surface area contributed by atoms with Crippen molar-refractivity contribution in [3.05, 3.63) is 47.0 Å². The van der Waals surface area contributed by atoms with Crippen LogP contribution in [-0.4, -0.2) is 15.1 Å². The predicted molar refractivity (Wildman–Crippen MR) is 76.0 cm³/mol. The summed E-state index contributed by atoms with van der Waals surface area (Å²) in [6.45, 7) is 6.75. The molecule has 0 amide bonds. The molecule has 3 N–H and O–H groups in total. The van der Waals surface area contributed by atoms with Crippen LogP contribution in [-0.2, 0) is 6.54 Å². The van der Waals surface area contributed by atoms with Gasteiger partial charge in [-0.3, -0.25) is 0 Å². The molecule has 1 aromatic heterocycles. The van der Waals surface area contributed by atoms with Gasteiger partial charge in [0.1, 0.15) is 11.6 Å².